The molecule has 0 aromatic carbocycles. The van der Waals surface area contributed by atoms with Crippen molar-refractivity contribution in [3.05, 3.63) is 10.7 Å². The summed E-state index contributed by atoms with van der Waals surface area (Å²) < 4.78 is 1.84. The van der Waals surface area contributed by atoms with Crippen LogP contribution in [-0.4, -0.2) is 46.6 Å². The van der Waals surface area contributed by atoms with E-state index >= 15 is 0 Å². The van der Waals surface area contributed by atoms with Gasteiger partial charge in [0.05, 0.1) is 0 Å². The van der Waals surface area contributed by atoms with Crippen LogP contribution in [0.4, 0.5) is 0 Å². The zero-order valence-electron chi connectivity index (χ0n) is 7.92. The van der Waals surface area contributed by atoms with Crippen LogP contribution >= 0.6 is 0 Å². The summed E-state index contributed by atoms with van der Waals surface area (Å²) in [6.45, 7) is 3.40. The smallest absolute Gasteiger partial charge is 0.00957 e. The summed E-state index contributed by atoms with van der Waals surface area (Å²) in [5, 5.41) is 0. The summed E-state index contributed by atoms with van der Waals surface area (Å²) in [6.07, 6.45) is 7.36. The molecule has 67 valence electrons. The van der Waals surface area contributed by atoms with E-state index < -0.39 is 0 Å². The molecule has 2 aliphatic rings. The van der Waals surface area contributed by atoms with Crippen LogP contribution in [-0.2, 0) is 0 Å². The Labute approximate surface area is 89.3 Å². The van der Waals surface area contributed by atoms with E-state index in [1.807, 2.05) is 4.09 Å². The topological polar surface area (TPSA) is 3.24 Å². The van der Waals surface area contributed by atoms with Crippen molar-refractivity contribution in [2.45, 2.75) is 44.2 Å². The summed E-state index contributed by atoms with van der Waals surface area (Å²) in [6, 6.07) is 1.92. The molecule has 2 rings (SSSR count). The summed E-state index contributed by atoms with van der Waals surface area (Å²) >= 11 is 1.40. The molecule has 2 fully saturated rings. The molecule has 12 heavy (non-hydrogen) atoms. The molecule has 0 saturated carbocycles. The van der Waals surface area contributed by atoms with E-state index in [-0.39, 0.29) is 0 Å². The average Bonchev–Trinajstić information content (AvgIpc) is 2.32. The van der Waals surface area contributed by atoms with Crippen LogP contribution in [0.15, 0.2) is 10.7 Å². The molecule has 0 aliphatic carbocycles. The first-order valence-electron chi connectivity index (χ1n) is 4.79. The third kappa shape index (κ3) is 2.49. The predicted octanol–water partition coefficient (Wildman–Crippen LogP) is 1.93. The average molecular weight is 271 g/mol. The van der Waals surface area contributed by atoms with Gasteiger partial charge in [0.25, 0.3) is 0 Å². The Balaban J connectivity index is 0.000000213. The molecule has 1 nitrogen and oxygen atoms in total. The molecule has 0 amide bonds. The number of hydrogen-bond donors (Lipinski definition) is 0. The largest absolute Gasteiger partial charge is 0.300 e. The van der Waals surface area contributed by atoms with E-state index in [9.17, 15) is 0 Å². The number of rotatable bonds is 0. The maximum atomic E-state index is 3.40. The Hall–Kier alpha value is 0.499. The van der Waals surface area contributed by atoms with Gasteiger partial charge in [-0.05, 0) is 32.7 Å². The fraction of sp³-hybridized carbons (Fsp3) is 0.800. The van der Waals surface area contributed by atoms with Crippen molar-refractivity contribution < 1.29 is 0 Å². The Morgan fingerprint density at radius 2 is 1.67 bits per heavy atom. The van der Waals surface area contributed by atoms with Gasteiger partial charge < -0.3 is 4.90 Å². The predicted molar refractivity (Wildman–Crippen MR) is 54.4 cm³/mol. The molecule has 3 radical (unpaired) electrons. The molecule has 2 atom stereocenters. The van der Waals surface area contributed by atoms with Gasteiger partial charge in [-0.1, -0.05) is 6.42 Å². The van der Waals surface area contributed by atoms with Crippen LogP contribution in [0, 0.1) is 0 Å². The van der Waals surface area contributed by atoms with Crippen molar-refractivity contribution in [2.24, 2.45) is 0 Å². The molecule has 2 aliphatic heterocycles. The quantitative estimate of drug-likeness (QED) is 0.608. The summed E-state index contributed by atoms with van der Waals surface area (Å²) in [7, 11) is 2.29. The fourth-order valence-electron chi connectivity index (χ4n) is 2.38. The van der Waals surface area contributed by atoms with E-state index in [2.05, 4.69) is 18.5 Å². The Bertz CT molecular complexity index is 131. The Kier molecular flexibility index (Phi) is 4.65. The van der Waals surface area contributed by atoms with Crippen LogP contribution in [0.3, 0.4) is 0 Å². The van der Waals surface area contributed by atoms with Gasteiger partial charge >= 0.3 is 33.2 Å². The van der Waals surface area contributed by atoms with Crippen molar-refractivity contribution in [3.63, 3.8) is 0 Å². The standard InChI is InChI=1S/C8H15N.C2H3.Sn/c1-9-7-3-2-4-8(9)6-5-7;1-2;/h7-8H,2-6H2,1H3;1H,2H2;/t7-,8+;;. The van der Waals surface area contributed by atoms with Crippen LogP contribution < -0.4 is 0 Å². The van der Waals surface area contributed by atoms with E-state index in [1.54, 1.807) is 0 Å². The SMILES string of the molecule is C=[CH][Sn].CN1[C@@H]2CCC[C@H]1CC2. The van der Waals surface area contributed by atoms with E-state index in [0.29, 0.717) is 0 Å². The molecule has 0 unspecified atom stereocenters. The van der Waals surface area contributed by atoms with Crippen molar-refractivity contribution in [3.8, 4) is 0 Å². The first kappa shape index (κ1) is 10.6. The van der Waals surface area contributed by atoms with E-state index in [1.165, 1.54) is 54.6 Å². The molecule has 2 saturated heterocycles. The van der Waals surface area contributed by atoms with Crippen molar-refractivity contribution in [2.75, 3.05) is 7.05 Å². The van der Waals surface area contributed by atoms with Crippen molar-refractivity contribution in [1.29, 1.82) is 0 Å². The van der Waals surface area contributed by atoms with Crippen LogP contribution in [0.1, 0.15) is 32.1 Å². The zero-order chi connectivity index (χ0) is 8.97. The zero-order valence-corrected chi connectivity index (χ0v) is 10.8. The molecule has 0 aromatic heterocycles. The first-order chi connectivity index (χ1) is 5.79. The van der Waals surface area contributed by atoms with Crippen LogP contribution in [0.2, 0.25) is 0 Å². The molecular formula is C10H18NSn. The fourth-order valence-corrected chi connectivity index (χ4v) is 2.38. The second-order valence-electron chi connectivity index (χ2n) is 3.69. The third-order valence-electron chi connectivity index (χ3n) is 3.06. The number of piperidine rings is 1. The minimum absolute atomic E-state index is 0.962. The molecule has 0 aromatic rings. The van der Waals surface area contributed by atoms with Gasteiger partial charge in [0, 0.05) is 12.1 Å². The maximum absolute atomic E-state index is 3.40. The number of fused-ring (bicyclic) bond motifs is 2. The summed E-state index contributed by atoms with van der Waals surface area (Å²) in [5.41, 5.74) is 0. The Morgan fingerprint density at radius 3 is 2.00 bits per heavy atom. The van der Waals surface area contributed by atoms with Gasteiger partial charge in [-0.2, -0.15) is 0 Å². The van der Waals surface area contributed by atoms with Gasteiger partial charge in [0.2, 0.25) is 0 Å². The molecule has 2 bridgehead atoms. The van der Waals surface area contributed by atoms with Crippen LogP contribution in [0.25, 0.3) is 0 Å². The minimum atomic E-state index is 0.962. The van der Waals surface area contributed by atoms with Gasteiger partial charge in [-0.3, -0.25) is 0 Å². The molecule has 0 N–H and O–H groups in total. The number of hydrogen-bond acceptors (Lipinski definition) is 1. The second-order valence-corrected chi connectivity index (χ2v) is 4.85. The minimum Gasteiger partial charge on any atom is -0.300 e. The molecular weight excluding hydrogens is 253 g/mol. The van der Waals surface area contributed by atoms with Gasteiger partial charge in [0.1, 0.15) is 0 Å². The van der Waals surface area contributed by atoms with Gasteiger partial charge in [-0.25, -0.2) is 0 Å². The number of nitrogens with zero attached hydrogens (tertiary/aromatic N) is 1. The molecule has 2 heterocycles. The van der Waals surface area contributed by atoms with E-state index in [0.717, 1.165) is 12.1 Å². The Morgan fingerprint density at radius 1 is 1.25 bits per heavy atom. The molecule has 2 heteroatoms. The molecule has 0 spiro atoms. The van der Waals surface area contributed by atoms with Crippen molar-refractivity contribution >= 4 is 22.5 Å². The first-order valence-corrected chi connectivity index (χ1v) is 6.44. The van der Waals surface area contributed by atoms with Gasteiger partial charge in [-0.15, -0.1) is 0 Å². The summed E-state index contributed by atoms with van der Waals surface area (Å²) in [5.74, 6) is 0. The van der Waals surface area contributed by atoms with Gasteiger partial charge in [0.15, 0.2) is 0 Å². The summed E-state index contributed by atoms with van der Waals surface area (Å²) in [4.78, 5) is 2.59. The van der Waals surface area contributed by atoms with Crippen LogP contribution in [0.5, 0.6) is 0 Å². The third-order valence-corrected chi connectivity index (χ3v) is 3.06. The monoisotopic (exact) mass is 272 g/mol. The normalized spacial score (nSPS) is 33.8. The van der Waals surface area contributed by atoms with E-state index in [4.69, 9.17) is 0 Å². The van der Waals surface area contributed by atoms with Crippen molar-refractivity contribution in [1.82, 2.24) is 4.90 Å². The maximum Gasteiger partial charge on any atom is 0.00957 e. The second kappa shape index (κ2) is 5.28.